The number of aromatic amines is 1. The third kappa shape index (κ3) is 3.33. The normalized spacial score (nSPS) is 14.8. The summed E-state index contributed by atoms with van der Waals surface area (Å²) in [5.74, 6) is 3.21. The lowest BCUT2D eigenvalue weighted by Gasteiger charge is -2.18. The molecule has 1 fully saturated rings. The van der Waals surface area contributed by atoms with Crippen molar-refractivity contribution < 1.29 is 4.74 Å². The van der Waals surface area contributed by atoms with E-state index in [9.17, 15) is 4.79 Å². The fraction of sp³-hybridized carbons (Fsp3) is 0.333. The van der Waals surface area contributed by atoms with Crippen molar-refractivity contribution in [1.82, 2.24) is 39.3 Å². The topological polar surface area (TPSA) is 116 Å². The van der Waals surface area contributed by atoms with Gasteiger partial charge in [-0.1, -0.05) is 31.4 Å². The second kappa shape index (κ2) is 8.05. The molecule has 0 amide bonds. The van der Waals surface area contributed by atoms with Gasteiger partial charge in [-0.25, -0.2) is 9.55 Å². The number of ether oxygens (including phenoxy) is 1. The molecule has 6 rings (SSSR count). The van der Waals surface area contributed by atoms with Gasteiger partial charge in [0.15, 0.2) is 0 Å². The first-order valence-electron chi connectivity index (χ1n) is 11.5. The van der Waals surface area contributed by atoms with Gasteiger partial charge >= 0.3 is 0 Å². The third-order valence-electron chi connectivity index (χ3n) is 6.48. The van der Waals surface area contributed by atoms with Crippen LogP contribution in [0.15, 0.2) is 41.3 Å². The van der Waals surface area contributed by atoms with Crippen molar-refractivity contribution in [3.05, 3.63) is 58.5 Å². The van der Waals surface area contributed by atoms with Crippen LogP contribution in [0.25, 0.3) is 33.9 Å². The van der Waals surface area contributed by atoms with Gasteiger partial charge in [-0.3, -0.25) is 9.89 Å². The first-order chi connectivity index (χ1) is 16.6. The summed E-state index contributed by atoms with van der Waals surface area (Å²) in [6, 6.07) is 9.31. The number of aromatic nitrogens is 8. The Labute approximate surface area is 194 Å². The zero-order chi connectivity index (χ0) is 23.2. The van der Waals surface area contributed by atoms with Crippen LogP contribution in [0.4, 0.5) is 0 Å². The van der Waals surface area contributed by atoms with E-state index in [1.807, 2.05) is 24.3 Å². The number of rotatable bonds is 4. The molecule has 0 aliphatic heterocycles. The van der Waals surface area contributed by atoms with Gasteiger partial charge in [0.1, 0.15) is 17.4 Å². The molecule has 0 radical (unpaired) electrons. The van der Waals surface area contributed by atoms with Crippen LogP contribution in [0, 0.1) is 6.92 Å². The summed E-state index contributed by atoms with van der Waals surface area (Å²) in [5, 5.41) is 12.4. The van der Waals surface area contributed by atoms with Crippen molar-refractivity contribution in [2.45, 2.75) is 44.9 Å². The fourth-order valence-electron chi connectivity index (χ4n) is 4.81. The van der Waals surface area contributed by atoms with Crippen LogP contribution in [0.2, 0.25) is 0 Å². The van der Waals surface area contributed by atoms with Gasteiger partial charge in [0, 0.05) is 17.7 Å². The maximum Gasteiger partial charge on any atom is 0.269 e. The standard InChI is InChI=1S/C24H24N8O2/c1-14-25-23-26-18-11-12-31(24-27-21(28-29-24)15-7-4-3-5-8-15)22(33)19(18)20(32(23)30-14)16-9-6-10-17(13-16)34-2/h6,9-13,15H,3-5,7-8H2,1-2H3,(H,27,28,29). The summed E-state index contributed by atoms with van der Waals surface area (Å²) in [5.41, 5.74) is 1.63. The average Bonchev–Trinajstić information content (AvgIpc) is 3.50. The summed E-state index contributed by atoms with van der Waals surface area (Å²) in [6.07, 6.45) is 7.50. The molecule has 1 N–H and O–H groups in total. The van der Waals surface area contributed by atoms with E-state index in [2.05, 4.69) is 30.2 Å². The Hall–Kier alpha value is -4.08. The quantitative estimate of drug-likeness (QED) is 0.439. The Morgan fingerprint density at radius 2 is 1.94 bits per heavy atom. The van der Waals surface area contributed by atoms with Crippen LogP contribution in [0.5, 0.6) is 5.75 Å². The average molecular weight is 457 g/mol. The van der Waals surface area contributed by atoms with Crippen molar-refractivity contribution in [1.29, 1.82) is 0 Å². The Kier molecular flexibility index (Phi) is 4.86. The summed E-state index contributed by atoms with van der Waals surface area (Å²) in [4.78, 5) is 27.6. The highest BCUT2D eigenvalue weighted by Crippen LogP contribution is 2.31. The van der Waals surface area contributed by atoms with Crippen LogP contribution in [-0.4, -0.2) is 46.4 Å². The molecule has 0 bridgehead atoms. The fourth-order valence-corrected chi connectivity index (χ4v) is 4.81. The molecule has 1 aromatic carbocycles. The van der Waals surface area contributed by atoms with Crippen LogP contribution in [0.1, 0.15) is 49.7 Å². The number of benzene rings is 1. The first-order valence-corrected chi connectivity index (χ1v) is 11.5. The number of H-pyrrole nitrogens is 1. The number of methoxy groups -OCH3 is 1. The maximum atomic E-state index is 13.8. The Morgan fingerprint density at radius 3 is 2.76 bits per heavy atom. The highest BCUT2D eigenvalue weighted by Gasteiger charge is 2.22. The van der Waals surface area contributed by atoms with Crippen LogP contribution in [0.3, 0.4) is 0 Å². The lowest BCUT2D eigenvalue weighted by molar-refractivity contribution is 0.415. The molecule has 0 saturated heterocycles. The molecule has 1 saturated carbocycles. The predicted molar refractivity (Wildman–Crippen MR) is 126 cm³/mol. The second-order valence-electron chi connectivity index (χ2n) is 8.67. The molecule has 4 aromatic heterocycles. The van der Waals surface area contributed by atoms with Gasteiger partial charge in [-0.2, -0.15) is 14.5 Å². The third-order valence-corrected chi connectivity index (χ3v) is 6.48. The van der Waals surface area contributed by atoms with Crippen LogP contribution < -0.4 is 10.3 Å². The summed E-state index contributed by atoms with van der Waals surface area (Å²) >= 11 is 0. The number of hydrogen-bond acceptors (Lipinski definition) is 7. The molecule has 34 heavy (non-hydrogen) atoms. The molecule has 172 valence electrons. The Bertz CT molecular complexity index is 1580. The second-order valence-corrected chi connectivity index (χ2v) is 8.67. The molecule has 0 atom stereocenters. The molecule has 5 aromatic rings. The minimum absolute atomic E-state index is 0.271. The molecule has 1 aliphatic rings. The number of hydrogen-bond donors (Lipinski definition) is 1. The number of nitrogens with zero attached hydrogens (tertiary/aromatic N) is 7. The predicted octanol–water partition coefficient (Wildman–Crippen LogP) is 3.58. The van der Waals surface area contributed by atoms with Crippen LogP contribution >= 0.6 is 0 Å². The molecule has 1 aliphatic carbocycles. The van der Waals surface area contributed by atoms with Crippen molar-refractivity contribution in [3.8, 4) is 23.0 Å². The highest BCUT2D eigenvalue weighted by molar-refractivity contribution is 5.93. The van der Waals surface area contributed by atoms with Gasteiger partial charge in [0.25, 0.3) is 17.3 Å². The Balaban J connectivity index is 1.58. The number of fused-ring (bicyclic) bond motifs is 2. The van der Waals surface area contributed by atoms with Crippen molar-refractivity contribution >= 4 is 16.7 Å². The SMILES string of the molecule is COc1cccc(-c2c3c(=O)n(-c4n[nH]c(C5CCCCC5)n4)ccc3nc3nc(C)nn23)c1. The largest absolute Gasteiger partial charge is 0.497 e. The van der Waals surface area contributed by atoms with E-state index >= 15 is 0 Å². The molecular weight excluding hydrogens is 432 g/mol. The van der Waals surface area contributed by atoms with Crippen LogP contribution in [-0.2, 0) is 0 Å². The summed E-state index contributed by atoms with van der Waals surface area (Å²) < 4.78 is 8.50. The van der Waals surface area contributed by atoms with E-state index in [1.54, 1.807) is 30.8 Å². The molecule has 4 heterocycles. The highest BCUT2D eigenvalue weighted by atomic mass is 16.5. The van der Waals surface area contributed by atoms with Gasteiger partial charge in [0.05, 0.1) is 23.7 Å². The van der Waals surface area contributed by atoms with Crippen molar-refractivity contribution in [2.24, 2.45) is 0 Å². The monoisotopic (exact) mass is 456 g/mol. The van der Waals surface area contributed by atoms with Gasteiger partial charge < -0.3 is 4.74 Å². The van der Waals surface area contributed by atoms with Gasteiger partial charge in [-0.05, 0) is 38.0 Å². The van der Waals surface area contributed by atoms with Gasteiger partial charge in [-0.15, -0.1) is 10.2 Å². The minimum Gasteiger partial charge on any atom is -0.497 e. The number of aryl methyl sites for hydroxylation is 1. The molecular formula is C24H24N8O2. The maximum absolute atomic E-state index is 13.8. The Morgan fingerprint density at radius 1 is 1.09 bits per heavy atom. The number of nitrogens with one attached hydrogen (secondary N) is 1. The van der Waals surface area contributed by atoms with Crippen molar-refractivity contribution in [2.75, 3.05) is 7.11 Å². The zero-order valence-electron chi connectivity index (χ0n) is 19.0. The first kappa shape index (κ1) is 20.5. The van der Waals surface area contributed by atoms with E-state index in [1.165, 1.54) is 23.8 Å². The zero-order valence-corrected chi connectivity index (χ0v) is 19.0. The van der Waals surface area contributed by atoms with E-state index in [0.29, 0.717) is 45.8 Å². The summed E-state index contributed by atoms with van der Waals surface area (Å²) in [7, 11) is 1.61. The molecule has 0 unspecified atom stereocenters. The minimum atomic E-state index is -0.271. The summed E-state index contributed by atoms with van der Waals surface area (Å²) in [6.45, 7) is 1.80. The molecule has 10 heteroatoms. The van der Waals surface area contributed by atoms with E-state index in [-0.39, 0.29) is 5.56 Å². The van der Waals surface area contributed by atoms with E-state index in [4.69, 9.17) is 4.74 Å². The smallest absolute Gasteiger partial charge is 0.269 e. The molecule has 0 spiro atoms. The van der Waals surface area contributed by atoms with E-state index in [0.717, 1.165) is 24.2 Å². The lowest BCUT2D eigenvalue weighted by Crippen LogP contribution is -2.21. The number of pyridine rings is 1. The van der Waals surface area contributed by atoms with E-state index < -0.39 is 0 Å². The van der Waals surface area contributed by atoms with Gasteiger partial charge in [0.2, 0.25) is 0 Å². The lowest BCUT2D eigenvalue weighted by atomic mass is 9.89. The van der Waals surface area contributed by atoms with Crippen molar-refractivity contribution in [3.63, 3.8) is 0 Å². The molecule has 10 nitrogen and oxygen atoms in total.